The molecule has 134 valence electrons. The summed E-state index contributed by atoms with van der Waals surface area (Å²) in [6.07, 6.45) is -1.28. The molecular formula is C18H14F3N3O2. The molecule has 0 saturated carbocycles. The van der Waals surface area contributed by atoms with Gasteiger partial charge in [0.15, 0.2) is 11.5 Å². The predicted molar refractivity (Wildman–Crippen MR) is 87.1 cm³/mol. The minimum atomic E-state index is -4.44. The number of hydrogen-bond donors (Lipinski definition) is 1. The minimum Gasteiger partial charge on any atom is -0.355 e. The van der Waals surface area contributed by atoms with Crippen molar-refractivity contribution in [1.82, 2.24) is 15.5 Å². The molecule has 2 heterocycles. The Hall–Kier alpha value is -3.16. The highest BCUT2D eigenvalue weighted by Gasteiger charge is 2.30. The third-order valence-electron chi connectivity index (χ3n) is 3.75. The minimum absolute atomic E-state index is 0.0303. The lowest BCUT2D eigenvalue weighted by atomic mass is 10.0. The Morgan fingerprint density at radius 1 is 1.19 bits per heavy atom. The number of rotatable bonds is 4. The first-order chi connectivity index (χ1) is 12.3. The first kappa shape index (κ1) is 17.7. The molecule has 1 amide bonds. The van der Waals surface area contributed by atoms with Crippen molar-refractivity contribution in [2.75, 3.05) is 0 Å². The van der Waals surface area contributed by atoms with Crippen LogP contribution in [0.4, 0.5) is 13.2 Å². The maximum Gasteiger partial charge on any atom is 0.416 e. The number of aromatic nitrogens is 2. The molecule has 0 bridgehead atoms. The summed E-state index contributed by atoms with van der Waals surface area (Å²) in [7, 11) is 0. The van der Waals surface area contributed by atoms with Gasteiger partial charge in [-0.2, -0.15) is 13.2 Å². The first-order valence-electron chi connectivity index (χ1n) is 7.70. The number of halogens is 3. The lowest BCUT2D eigenvalue weighted by Crippen LogP contribution is -2.27. The molecule has 1 N–H and O–H groups in total. The van der Waals surface area contributed by atoms with E-state index in [-0.39, 0.29) is 5.69 Å². The summed E-state index contributed by atoms with van der Waals surface area (Å²) in [6.45, 7) is 1.59. The van der Waals surface area contributed by atoms with Gasteiger partial charge in [0.25, 0.3) is 5.91 Å². The summed E-state index contributed by atoms with van der Waals surface area (Å²) in [6, 6.07) is 9.09. The summed E-state index contributed by atoms with van der Waals surface area (Å²) in [4.78, 5) is 16.2. The van der Waals surface area contributed by atoms with E-state index in [0.29, 0.717) is 16.9 Å². The number of alkyl halides is 3. The van der Waals surface area contributed by atoms with Crippen LogP contribution in [0, 0.1) is 0 Å². The van der Waals surface area contributed by atoms with Crippen LogP contribution in [0.2, 0.25) is 0 Å². The van der Waals surface area contributed by atoms with Crippen LogP contribution in [0.25, 0.3) is 11.3 Å². The Morgan fingerprint density at radius 2 is 2.00 bits per heavy atom. The average molecular weight is 361 g/mol. The quantitative estimate of drug-likeness (QED) is 0.754. The molecule has 0 saturated heterocycles. The van der Waals surface area contributed by atoms with Gasteiger partial charge in [-0.1, -0.05) is 17.3 Å². The van der Waals surface area contributed by atoms with Crippen LogP contribution in [0.15, 0.2) is 59.4 Å². The summed E-state index contributed by atoms with van der Waals surface area (Å²) >= 11 is 0. The number of amides is 1. The fourth-order valence-electron chi connectivity index (χ4n) is 2.37. The van der Waals surface area contributed by atoms with Crippen LogP contribution in [0.1, 0.15) is 34.6 Å². The molecule has 8 heteroatoms. The van der Waals surface area contributed by atoms with Gasteiger partial charge >= 0.3 is 6.18 Å². The summed E-state index contributed by atoms with van der Waals surface area (Å²) in [5, 5.41) is 6.31. The zero-order valence-electron chi connectivity index (χ0n) is 13.6. The normalized spacial score (nSPS) is 12.6. The number of carbonyl (C=O) groups is 1. The second-order valence-electron chi connectivity index (χ2n) is 5.64. The molecule has 0 aliphatic rings. The lowest BCUT2D eigenvalue weighted by molar-refractivity contribution is -0.137. The summed E-state index contributed by atoms with van der Waals surface area (Å²) < 4.78 is 43.5. The predicted octanol–water partition coefficient (Wildman–Crippen LogP) is 4.25. The van der Waals surface area contributed by atoms with Crippen molar-refractivity contribution in [2.24, 2.45) is 0 Å². The molecule has 0 aliphatic heterocycles. The fraction of sp³-hybridized carbons (Fsp3) is 0.167. The molecule has 0 radical (unpaired) electrons. The second kappa shape index (κ2) is 6.99. The van der Waals surface area contributed by atoms with Crippen LogP contribution in [0.5, 0.6) is 0 Å². The van der Waals surface area contributed by atoms with Crippen molar-refractivity contribution in [3.63, 3.8) is 0 Å². The van der Waals surface area contributed by atoms with Crippen LogP contribution in [-0.4, -0.2) is 16.0 Å². The zero-order chi connectivity index (χ0) is 18.7. The van der Waals surface area contributed by atoms with Gasteiger partial charge in [-0.25, -0.2) is 0 Å². The Kier molecular flexibility index (Phi) is 4.75. The van der Waals surface area contributed by atoms with Crippen molar-refractivity contribution in [3.05, 3.63) is 71.7 Å². The smallest absolute Gasteiger partial charge is 0.355 e. The monoisotopic (exact) mass is 361 g/mol. The molecule has 0 spiro atoms. The lowest BCUT2D eigenvalue weighted by Gasteiger charge is -2.15. The van der Waals surface area contributed by atoms with E-state index in [1.165, 1.54) is 18.2 Å². The van der Waals surface area contributed by atoms with E-state index in [9.17, 15) is 18.0 Å². The topological polar surface area (TPSA) is 68.0 Å². The molecule has 0 aliphatic carbocycles. The highest BCUT2D eigenvalue weighted by molar-refractivity contribution is 5.93. The summed E-state index contributed by atoms with van der Waals surface area (Å²) in [5.74, 6) is -0.177. The maximum absolute atomic E-state index is 12.8. The van der Waals surface area contributed by atoms with Crippen molar-refractivity contribution in [3.8, 4) is 11.3 Å². The fourth-order valence-corrected chi connectivity index (χ4v) is 2.37. The van der Waals surface area contributed by atoms with Gasteiger partial charge < -0.3 is 9.84 Å². The van der Waals surface area contributed by atoms with E-state index in [2.05, 4.69) is 15.5 Å². The molecule has 3 rings (SSSR count). The highest BCUT2D eigenvalue weighted by Crippen LogP contribution is 2.30. The molecule has 5 nitrogen and oxygen atoms in total. The molecule has 1 atom stereocenters. The third-order valence-corrected chi connectivity index (χ3v) is 3.75. The summed E-state index contributed by atoms with van der Waals surface area (Å²) in [5.41, 5.74) is 0.258. The van der Waals surface area contributed by atoms with Crippen LogP contribution < -0.4 is 5.32 Å². The van der Waals surface area contributed by atoms with Gasteiger partial charge in [-0.05, 0) is 36.8 Å². The number of nitrogens with one attached hydrogen (secondary N) is 1. The Labute approximate surface area is 146 Å². The first-order valence-corrected chi connectivity index (χ1v) is 7.70. The second-order valence-corrected chi connectivity index (χ2v) is 5.64. The zero-order valence-corrected chi connectivity index (χ0v) is 13.6. The third kappa shape index (κ3) is 3.90. The van der Waals surface area contributed by atoms with E-state index < -0.39 is 23.7 Å². The van der Waals surface area contributed by atoms with E-state index in [0.717, 1.165) is 12.1 Å². The molecular weight excluding hydrogens is 347 g/mol. The number of nitrogens with zero attached hydrogens (tertiary/aromatic N) is 2. The number of carbonyl (C=O) groups excluding carboxylic acids is 1. The van der Waals surface area contributed by atoms with Crippen LogP contribution >= 0.6 is 0 Å². The van der Waals surface area contributed by atoms with Gasteiger partial charge in [-0.15, -0.1) is 0 Å². The van der Waals surface area contributed by atoms with Crippen molar-refractivity contribution in [2.45, 2.75) is 19.1 Å². The Bertz CT molecular complexity index is 907. The van der Waals surface area contributed by atoms with E-state index >= 15 is 0 Å². The van der Waals surface area contributed by atoms with Gasteiger partial charge in [-0.3, -0.25) is 9.78 Å². The largest absolute Gasteiger partial charge is 0.416 e. The number of pyridine rings is 1. The highest BCUT2D eigenvalue weighted by atomic mass is 19.4. The van der Waals surface area contributed by atoms with Gasteiger partial charge in [0, 0.05) is 24.0 Å². The Morgan fingerprint density at radius 3 is 2.69 bits per heavy atom. The molecule has 26 heavy (non-hydrogen) atoms. The Balaban J connectivity index is 1.73. The maximum atomic E-state index is 12.8. The van der Waals surface area contributed by atoms with Crippen molar-refractivity contribution < 1.29 is 22.5 Å². The number of hydrogen-bond acceptors (Lipinski definition) is 4. The van der Waals surface area contributed by atoms with Crippen LogP contribution in [0.3, 0.4) is 0 Å². The standard InChI is InChI=1S/C18H14F3N3O2/c1-11(12-4-2-6-14(8-12)18(19,20)21)23-17(25)15-9-16(26-24-15)13-5-3-7-22-10-13/h2-11H,1H3,(H,23,25)/t11-/m1/s1. The van der Waals surface area contributed by atoms with Crippen molar-refractivity contribution >= 4 is 5.91 Å². The number of benzene rings is 1. The molecule has 0 fully saturated rings. The van der Waals surface area contributed by atoms with Gasteiger partial charge in [0.2, 0.25) is 0 Å². The molecule has 3 aromatic rings. The SMILES string of the molecule is C[C@@H](NC(=O)c1cc(-c2cccnc2)on1)c1cccc(C(F)(F)F)c1. The average Bonchev–Trinajstić information content (AvgIpc) is 3.12. The van der Waals surface area contributed by atoms with Gasteiger partial charge in [0.1, 0.15) is 0 Å². The molecule has 1 aromatic carbocycles. The molecule has 0 unspecified atom stereocenters. The van der Waals surface area contributed by atoms with Crippen LogP contribution in [-0.2, 0) is 6.18 Å². The van der Waals surface area contributed by atoms with Crippen molar-refractivity contribution in [1.29, 1.82) is 0 Å². The molecule has 2 aromatic heterocycles. The van der Waals surface area contributed by atoms with E-state index in [4.69, 9.17) is 4.52 Å². The van der Waals surface area contributed by atoms with Gasteiger partial charge in [0.05, 0.1) is 11.6 Å². The van der Waals surface area contributed by atoms with E-state index in [1.54, 1.807) is 31.5 Å². The van der Waals surface area contributed by atoms with E-state index in [1.807, 2.05) is 0 Å².